The molecule has 0 saturated carbocycles. The lowest BCUT2D eigenvalue weighted by molar-refractivity contribution is -0.113. The lowest BCUT2D eigenvalue weighted by Gasteiger charge is -2.15. The number of aryl methyl sites for hydroxylation is 1. The van der Waals surface area contributed by atoms with E-state index in [1.807, 2.05) is 13.0 Å². The molecule has 1 aliphatic heterocycles. The summed E-state index contributed by atoms with van der Waals surface area (Å²) in [6.07, 6.45) is 1.82. The number of anilines is 1. The largest absolute Gasteiger partial charge is 0.325 e. The molecule has 0 aromatic heterocycles. The molecule has 1 heterocycles. The maximum absolute atomic E-state index is 12.5. The molecule has 0 spiro atoms. The van der Waals surface area contributed by atoms with Crippen molar-refractivity contribution in [3.05, 3.63) is 53.1 Å². The molecule has 27 heavy (non-hydrogen) atoms. The number of nitrogens with zero attached hydrogens (tertiary/aromatic N) is 1. The van der Waals surface area contributed by atoms with E-state index in [4.69, 9.17) is 11.6 Å². The molecule has 1 fully saturated rings. The van der Waals surface area contributed by atoms with E-state index in [0.29, 0.717) is 28.7 Å². The third-order valence-corrected chi connectivity index (χ3v) is 7.53. The molecule has 144 valence electrons. The minimum absolute atomic E-state index is 0.140. The van der Waals surface area contributed by atoms with Gasteiger partial charge in [-0.2, -0.15) is 4.31 Å². The molecule has 0 unspecified atom stereocenters. The van der Waals surface area contributed by atoms with Gasteiger partial charge >= 0.3 is 0 Å². The average Bonchev–Trinajstić information content (AvgIpc) is 3.19. The van der Waals surface area contributed by atoms with Crippen LogP contribution in [0.15, 0.2) is 52.3 Å². The van der Waals surface area contributed by atoms with Crippen molar-refractivity contribution >= 4 is 45.0 Å². The van der Waals surface area contributed by atoms with Crippen LogP contribution in [0.3, 0.4) is 0 Å². The van der Waals surface area contributed by atoms with Crippen molar-refractivity contribution in [1.29, 1.82) is 0 Å². The van der Waals surface area contributed by atoms with Crippen molar-refractivity contribution < 1.29 is 13.2 Å². The van der Waals surface area contributed by atoms with Crippen LogP contribution in [0.25, 0.3) is 0 Å². The van der Waals surface area contributed by atoms with Crippen molar-refractivity contribution in [2.75, 3.05) is 24.2 Å². The quantitative estimate of drug-likeness (QED) is 0.707. The second-order valence-electron chi connectivity index (χ2n) is 6.38. The summed E-state index contributed by atoms with van der Waals surface area (Å²) >= 11 is 7.32. The summed E-state index contributed by atoms with van der Waals surface area (Å²) in [5.74, 6) is 0.0867. The van der Waals surface area contributed by atoms with Crippen LogP contribution in [0.1, 0.15) is 18.4 Å². The Bertz CT molecular complexity index is 924. The Balaban J connectivity index is 1.58. The maximum atomic E-state index is 12.5. The second-order valence-corrected chi connectivity index (χ2v) is 9.80. The molecule has 3 rings (SSSR count). The number of thioether (sulfide) groups is 1. The van der Waals surface area contributed by atoms with E-state index in [9.17, 15) is 13.2 Å². The van der Waals surface area contributed by atoms with Gasteiger partial charge in [-0.1, -0.05) is 17.7 Å². The molecule has 0 bridgehead atoms. The first kappa shape index (κ1) is 20.2. The van der Waals surface area contributed by atoms with Crippen LogP contribution in [0.5, 0.6) is 0 Å². The van der Waals surface area contributed by atoms with Gasteiger partial charge in [0.05, 0.1) is 10.6 Å². The van der Waals surface area contributed by atoms with E-state index in [0.717, 1.165) is 23.3 Å². The molecule has 1 amide bonds. The number of rotatable bonds is 6. The summed E-state index contributed by atoms with van der Waals surface area (Å²) < 4.78 is 26.6. The van der Waals surface area contributed by atoms with Crippen LogP contribution < -0.4 is 5.32 Å². The fraction of sp³-hybridized carbons (Fsp3) is 0.316. The van der Waals surface area contributed by atoms with Crippen molar-refractivity contribution in [3.8, 4) is 0 Å². The number of carbonyl (C=O) groups is 1. The molecule has 2 aromatic carbocycles. The summed E-state index contributed by atoms with van der Waals surface area (Å²) in [7, 11) is -3.40. The van der Waals surface area contributed by atoms with Gasteiger partial charge in [-0.15, -0.1) is 11.8 Å². The maximum Gasteiger partial charge on any atom is 0.243 e. The summed E-state index contributed by atoms with van der Waals surface area (Å²) in [6, 6.07) is 12.0. The van der Waals surface area contributed by atoms with Gasteiger partial charge in [0.2, 0.25) is 15.9 Å². The number of halogens is 1. The predicted molar refractivity (Wildman–Crippen MR) is 110 cm³/mol. The Morgan fingerprint density at radius 3 is 2.48 bits per heavy atom. The molecule has 0 aliphatic carbocycles. The van der Waals surface area contributed by atoms with E-state index in [1.165, 1.54) is 16.1 Å². The number of sulfonamides is 1. The third-order valence-electron chi connectivity index (χ3n) is 4.37. The monoisotopic (exact) mass is 424 g/mol. The van der Waals surface area contributed by atoms with Crippen molar-refractivity contribution in [2.24, 2.45) is 0 Å². The minimum atomic E-state index is -3.40. The van der Waals surface area contributed by atoms with Crippen LogP contribution >= 0.6 is 23.4 Å². The van der Waals surface area contributed by atoms with Gasteiger partial charge in [-0.25, -0.2) is 8.42 Å². The fourth-order valence-electron chi connectivity index (χ4n) is 2.85. The van der Waals surface area contributed by atoms with Gasteiger partial charge in [-0.05, 0) is 61.7 Å². The lowest BCUT2D eigenvalue weighted by Crippen LogP contribution is -2.27. The van der Waals surface area contributed by atoms with Gasteiger partial charge in [0.25, 0.3) is 0 Å². The second kappa shape index (κ2) is 8.65. The van der Waals surface area contributed by atoms with Crippen LogP contribution in [0.4, 0.5) is 5.69 Å². The molecular formula is C19H21ClN2O3S2. The van der Waals surface area contributed by atoms with Crippen molar-refractivity contribution in [2.45, 2.75) is 29.6 Å². The number of carbonyl (C=O) groups excluding carboxylic acids is 1. The van der Waals surface area contributed by atoms with Crippen molar-refractivity contribution in [3.63, 3.8) is 0 Å². The Morgan fingerprint density at radius 1 is 1.15 bits per heavy atom. The number of nitrogens with one attached hydrogen (secondary N) is 1. The average molecular weight is 425 g/mol. The standard InChI is InChI=1S/C19H21ClN2O3S2/c1-14-4-5-15(20)12-18(14)21-19(23)13-26-16-6-8-17(9-7-16)27(24,25)22-10-2-3-11-22/h4-9,12H,2-3,10-11,13H2,1H3,(H,21,23). The molecular weight excluding hydrogens is 404 g/mol. The zero-order chi connectivity index (χ0) is 19.4. The molecule has 2 aromatic rings. The van der Waals surface area contributed by atoms with Gasteiger partial charge in [0, 0.05) is 28.7 Å². The lowest BCUT2D eigenvalue weighted by atomic mass is 10.2. The first-order valence-electron chi connectivity index (χ1n) is 8.65. The highest BCUT2D eigenvalue weighted by atomic mass is 35.5. The summed E-state index contributed by atoms with van der Waals surface area (Å²) in [6.45, 7) is 3.07. The minimum Gasteiger partial charge on any atom is -0.325 e. The van der Waals surface area contributed by atoms with E-state index >= 15 is 0 Å². The topological polar surface area (TPSA) is 66.5 Å². The Kier molecular flexibility index (Phi) is 6.47. The normalized spacial score (nSPS) is 15.0. The van der Waals surface area contributed by atoms with Gasteiger partial charge in [0.15, 0.2) is 0 Å². The summed E-state index contributed by atoms with van der Waals surface area (Å²) in [5, 5.41) is 3.42. The van der Waals surface area contributed by atoms with Crippen LogP contribution in [0, 0.1) is 6.92 Å². The number of benzene rings is 2. The number of hydrogen-bond donors (Lipinski definition) is 1. The number of hydrogen-bond acceptors (Lipinski definition) is 4. The highest BCUT2D eigenvalue weighted by Gasteiger charge is 2.26. The Labute approximate surface area is 169 Å². The third kappa shape index (κ3) is 5.04. The van der Waals surface area contributed by atoms with E-state index in [2.05, 4.69) is 5.32 Å². The highest BCUT2D eigenvalue weighted by Crippen LogP contribution is 2.25. The zero-order valence-electron chi connectivity index (χ0n) is 14.9. The van der Waals surface area contributed by atoms with Gasteiger partial charge in [-0.3, -0.25) is 4.79 Å². The van der Waals surface area contributed by atoms with E-state index in [-0.39, 0.29) is 11.7 Å². The predicted octanol–water partition coefficient (Wildman–Crippen LogP) is 4.16. The van der Waals surface area contributed by atoms with Crippen LogP contribution in [-0.2, 0) is 14.8 Å². The van der Waals surface area contributed by atoms with Crippen LogP contribution in [-0.4, -0.2) is 37.5 Å². The molecule has 5 nitrogen and oxygen atoms in total. The molecule has 1 saturated heterocycles. The Morgan fingerprint density at radius 2 is 1.81 bits per heavy atom. The van der Waals surface area contributed by atoms with Crippen molar-refractivity contribution in [1.82, 2.24) is 4.31 Å². The molecule has 0 radical (unpaired) electrons. The first-order valence-corrected chi connectivity index (χ1v) is 11.5. The first-order chi connectivity index (χ1) is 12.9. The Hall–Kier alpha value is -1.54. The molecule has 1 aliphatic rings. The molecule has 0 atom stereocenters. The molecule has 1 N–H and O–H groups in total. The number of amides is 1. The fourth-order valence-corrected chi connectivity index (χ4v) is 5.24. The van der Waals surface area contributed by atoms with Gasteiger partial charge < -0.3 is 5.32 Å². The highest BCUT2D eigenvalue weighted by molar-refractivity contribution is 8.00. The smallest absolute Gasteiger partial charge is 0.243 e. The van der Waals surface area contributed by atoms with E-state index < -0.39 is 10.0 Å². The zero-order valence-corrected chi connectivity index (χ0v) is 17.3. The van der Waals surface area contributed by atoms with Crippen LogP contribution in [0.2, 0.25) is 5.02 Å². The SMILES string of the molecule is Cc1ccc(Cl)cc1NC(=O)CSc1ccc(S(=O)(=O)N2CCCC2)cc1. The summed E-state index contributed by atoms with van der Waals surface area (Å²) in [4.78, 5) is 13.3. The molecule has 8 heteroatoms. The summed E-state index contributed by atoms with van der Waals surface area (Å²) in [5.41, 5.74) is 1.63. The van der Waals surface area contributed by atoms with E-state index in [1.54, 1.807) is 36.4 Å². The van der Waals surface area contributed by atoms with Gasteiger partial charge in [0.1, 0.15) is 0 Å².